The van der Waals surface area contributed by atoms with E-state index in [4.69, 9.17) is 0 Å². The van der Waals surface area contributed by atoms with Crippen LogP contribution in [-0.4, -0.2) is 0 Å². The Kier molecular flexibility index (Phi) is 5.76. The summed E-state index contributed by atoms with van der Waals surface area (Å²) in [4.78, 5) is 0. The summed E-state index contributed by atoms with van der Waals surface area (Å²) in [5.41, 5.74) is 7.56. The molecule has 1 N–H and O–H groups in total. The van der Waals surface area contributed by atoms with Gasteiger partial charge in [-0.05, 0) is 46.5 Å². The summed E-state index contributed by atoms with van der Waals surface area (Å²) in [7, 11) is 0. The third kappa shape index (κ3) is 4.57. The molecule has 0 radical (unpaired) electrons. The highest BCUT2D eigenvalue weighted by atomic mass is 14.9. The van der Waals surface area contributed by atoms with Gasteiger partial charge in [0, 0.05) is 23.2 Å². The molecule has 29 heavy (non-hydrogen) atoms. The third-order valence-corrected chi connectivity index (χ3v) is 5.71. The van der Waals surface area contributed by atoms with Gasteiger partial charge in [-0.15, -0.1) is 0 Å². The topological polar surface area (TPSA) is 12.0 Å². The molecule has 0 aliphatic rings. The zero-order chi connectivity index (χ0) is 20.1. The molecular weight excluding hydrogens is 350 g/mol. The summed E-state index contributed by atoms with van der Waals surface area (Å²) in [5.74, 6) is 0.785. The molecule has 0 spiro atoms. The largest absolute Gasteiger partial charge is 0.356 e. The second-order valence-corrected chi connectivity index (χ2v) is 7.63. The van der Waals surface area contributed by atoms with Crippen molar-refractivity contribution < 1.29 is 0 Å². The molecule has 0 heterocycles. The van der Waals surface area contributed by atoms with E-state index >= 15 is 0 Å². The van der Waals surface area contributed by atoms with Crippen LogP contribution in [0, 0.1) is 0 Å². The first-order valence-corrected chi connectivity index (χ1v) is 10.3. The van der Waals surface area contributed by atoms with Gasteiger partial charge >= 0.3 is 0 Å². The first-order valence-electron chi connectivity index (χ1n) is 10.3. The molecule has 0 amide bonds. The fourth-order valence-corrected chi connectivity index (χ4v) is 3.75. The van der Waals surface area contributed by atoms with Crippen LogP contribution in [-0.2, 0) is 0 Å². The van der Waals surface area contributed by atoms with Crippen molar-refractivity contribution >= 4 is 11.4 Å². The summed E-state index contributed by atoms with van der Waals surface area (Å²) in [5, 5.41) is 3.52. The molecule has 1 heteroatoms. The standard InChI is InChI=1S/C28H27N/c1-21(23-9-5-3-6-10-23)25-13-17-27(18-14-25)29-28-19-15-26(16-20-28)22(2)24-11-7-4-8-12-24/h3-22,29H,1-2H3/t21-,22+. The van der Waals surface area contributed by atoms with Crippen LogP contribution in [0.15, 0.2) is 109 Å². The average molecular weight is 378 g/mol. The minimum Gasteiger partial charge on any atom is -0.356 e. The van der Waals surface area contributed by atoms with E-state index in [1.165, 1.54) is 22.3 Å². The predicted octanol–water partition coefficient (Wildman–Crippen LogP) is 7.73. The Morgan fingerprint density at radius 3 is 1.07 bits per heavy atom. The fourth-order valence-electron chi connectivity index (χ4n) is 3.75. The quantitative estimate of drug-likeness (QED) is 0.362. The molecular formula is C28H27N. The average Bonchev–Trinajstić information content (AvgIpc) is 2.80. The van der Waals surface area contributed by atoms with E-state index in [0.717, 1.165) is 11.4 Å². The highest BCUT2D eigenvalue weighted by Crippen LogP contribution is 2.28. The maximum atomic E-state index is 3.52. The Morgan fingerprint density at radius 2 is 0.724 bits per heavy atom. The minimum atomic E-state index is 0.393. The highest BCUT2D eigenvalue weighted by Gasteiger charge is 2.09. The first kappa shape index (κ1) is 19.0. The van der Waals surface area contributed by atoms with Crippen molar-refractivity contribution in [3.63, 3.8) is 0 Å². The van der Waals surface area contributed by atoms with Gasteiger partial charge in [-0.1, -0.05) is 98.8 Å². The number of anilines is 2. The molecule has 2 atom stereocenters. The van der Waals surface area contributed by atoms with E-state index in [9.17, 15) is 0 Å². The van der Waals surface area contributed by atoms with Crippen molar-refractivity contribution in [3.05, 3.63) is 131 Å². The molecule has 0 unspecified atom stereocenters. The molecule has 0 aliphatic heterocycles. The predicted molar refractivity (Wildman–Crippen MR) is 124 cm³/mol. The lowest BCUT2D eigenvalue weighted by Crippen LogP contribution is -1.98. The van der Waals surface area contributed by atoms with E-state index in [1.54, 1.807) is 0 Å². The Morgan fingerprint density at radius 1 is 0.414 bits per heavy atom. The van der Waals surface area contributed by atoms with E-state index in [2.05, 4.69) is 128 Å². The zero-order valence-electron chi connectivity index (χ0n) is 17.0. The van der Waals surface area contributed by atoms with Crippen LogP contribution in [0.5, 0.6) is 0 Å². The second-order valence-electron chi connectivity index (χ2n) is 7.63. The first-order chi connectivity index (χ1) is 14.2. The summed E-state index contributed by atoms with van der Waals surface area (Å²) < 4.78 is 0. The Labute approximate surface area is 174 Å². The SMILES string of the molecule is C[C@H](c1ccccc1)c1ccc(Nc2ccc([C@@H](C)c3ccccc3)cc2)cc1. The molecule has 0 aromatic heterocycles. The summed E-state index contributed by atoms with van der Waals surface area (Å²) in [6, 6.07) is 38.8. The highest BCUT2D eigenvalue weighted by molar-refractivity contribution is 5.60. The molecule has 0 bridgehead atoms. The van der Waals surface area contributed by atoms with Gasteiger partial charge in [0.15, 0.2) is 0 Å². The lowest BCUT2D eigenvalue weighted by Gasteiger charge is -2.15. The summed E-state index contributed by atoms with van der Waals surface area (Å²) in [6.45, 7) is 4.51. The fraction of sp³-hybridized carbons (Fsp3) is 0.143. The van der Waals surface area contributed by atoms with Gasteiger partial charge in [0.2, 0.25) is 0 Å². The van der Waals surface area contributed by atoms with Crippen LogP contribution in [0.3, 0.4) is 0 Å². The summed E-state index contributed by atoms with van der Waals surface area (Å²) >= 11 is 0. The van der Waals surface area contributed by atoms with Gasteiger partial charge in [-0.2, -0.15) is 0 Å². The van der Waals surface area contributed by atoms with Crippen molar-refractivity contribution in [2.45, 2.75) is 25.7 Å². The number of hydrogen-bond acceptors (Lipinski definition) is 1. The van der Waals surface area contributed by atoms with Gasteiger partial charge in [0.1, 0.15) is 0 Å². The summed E-state index contributed by atoms with van der Waals surface area (Å²) in [6.07, 6.45) is 0. The van der Waals surface area contributed by atoms with Crippen LogP contribution >= 0.6 is 0 Å². The maximum Gasteiger partial charge on any atom is 0.0384 e. The van der Waals surface area contributed by atoms with E-state index in [1.807, 2.05) is 0 Å². The van der Waals surface area contributed by atoms with E-state index < -0.39 is 0 Å². The number of benzene rings is 4. The molecule has 0 aliphatic carbocycles. The number of rotatable bonds is 6. The molecule has 4 aromatic rings. The van der Waals surface area contributed by atoms with Crippen molar-refractivity contribution in [1.29, 1.82) is 0 Å². The van der Waals surface area contributed by atoms with Crippen molar-refractivity contribution in [2.24, 2.45) is 0 Å². The molecule has 4 rings (SSSR count). The molecule has 144 valence electrons. The minimum absolute atomic E-state index is 0.393. The Bertz CT molecular complexity index is 932. The smallest absolute Gasteiger partial charge is 0.0384 e. The Balaban J connectivity index is 1.43. The van der Waals surface area contributed by atoms with Gasteiger partial charge in [-0.3, -0.25) is 0 Å². The van der Waals surface area contributed by atoms with Gasteiger partial charge in [0.05, 0.1) is 0 Å². The van der Waals surface area contributed by atoms with E-state index in [-0.39, 0.29) is 0 Å². The Hall–Kier alpha value is -3.32. The van der Waals surface area contributed by atoms with Crippen LogP contribution in [0.25, 0.3) is 0 Å². The third-order valence-electron chi connectivity index (χ3n) is 5.71. The van der Waals surface area contributed by atoms with Crippen LogP contribution in [0.4, 0.5) is 11.4 Å². The van der Waals surface area contributed by atoms with Crippen LogP contribution < -0.4 is 5.32 Å². The zero-order valence-corrected chi connectivity index (χ0v) is 17.0. The van der Waals surface area contributed by atoms with Gasteiger partial charge in [0.25, 0.3) is 0 Å². The van der Waals surface area contributed by atoms with E-state index in [0.29, 0.717) is 11.8 Å². The maximum absolute atomic E-state index is 3.52. The van der Waals surface area contributed by atoms with Gasteiger partial charge in [-0.25, -0.2) is 0 Å². The van der Waals surface area contributed by atoms with Crippen molar-refractivity contribution in [3.8, 4) is 0 Å². The molecule has 0 saturated carbocycles. The molecule has 1 nitrogen and oxygen atoms in total. The normalized spacial score (nSPS) is 12.9. The number of nitrogens with one attached hydrogen (secondary N) is 1. The van der Waals surface area contributed by atoms with Crippen LogP contribution in [0.2, 0.25) is 0 Å². The number of hydrogen-bond donors (Lipinski definition) is 1. The monoisotopic (exact) mass is 377 g/mol. The van der Waals surface area contributed by atoms with Crippen LogP contribution in [0.1, 0.15) is 47.9 Å². The lowest BCUT2D eigenvalue weighted by molar-refractivity contribution is 0.922. The molecule has 4 aromatic carbocycles. The van der Waals surface area contributed by atoms with Crippen molar-refractivity contribution in [2.75, 3.05) is 5.32 Å². The molecule has 0 fully saturated rings. The second kappa shape index (κ2) is 8.79. The lowest BCUT2D eigenvalue weighted by atomic mass is 9.93. The van der Waals surface area contributed by atoms with Crippen molar-refractivity contribution in [1.82, 2.24) is 0 Å². The van der Waals surface area contributed by atoms with Gasteiger partial charge < -0.3 is 5.32 Å². The molecule has 0 saturated heterocycles.